The van der Waals surface area contributed by atoms with Gasteiger partial charge < -0.3 is 9.88 Å². The van der Waals surface area contributed by atoms with Crippen LogP contribution in [0.25, 0.3) is 21.8 Å². The van der Waals surface area contributed by atoms with E-state index in [1.807, 2.05) is 47.9 Å². The van der Waals surface area contributed by atoms with Gasteiger partial charge in [-0.3, -0.25) is 9.59 Å². The summed E-state index contributed by atoms with van der Waals surface area (Å²) in [5.74, 6) is -0.0763. The van der Waals surface area contributed by atoms with E-state index in [0.717, 1.165) is 22.7 Å². The topological polar surface area (TPSA) is 68.9 Å². The van der Waals surface area contributed by atoms with Crippen LogP contribution in [0.1, 0.15) is 30.5 Å². The fraction of sp³-hybridized carbons (Fsp3) is 0.292. The molecular weight excluding hydrogens is 376 g/mol. The van der Waals surface area contributed by atoms with Crippen LogP contribution in [0, 0.1) is 6.92 Å². The maximum Gasteiger partial charge on any atom is 0.291 e. The third-order valence-corrected chi connectivity index (χ3v) is 5.76. The van der Waals surface area contributed by atoms with Gasteiger partial charge in [-0.15, -0.1) is 0 Å². The Balaban J connectivity index is 1.70. The highest BCUT2D eigenvalue weighted by Gasteiger charge is 2.25. The minimum absolute atomic E-state index is 0.0763. The first-order chi connectivity index (χ1) is 14.5. The monoisotopic (exact) mass is 402 g/mol. The lowest BCUT2D eigenvalue weighted by molar-refractivity contribution is -0.124. The van der Waals surface area contributed by atoms with Crippen LogP contribution in [0.5, 0.6) is 0 Å². The predicted molar refractivity (Wildman–Crippen MR) is 120 cm³/mol. The Morgan fingerprint density at radius 1 is 1.10 bits per heavy atom. The van der Waals surface area contributed by atoms with Gasteiger partial charge in [0.2, 0.25) is 5.91 Å². The van der Waals surface area contributed by atoms with Crippen molar-refractivity contribution >= 4 is 27.7 Å². The summed E-state index contributed by atoms with van der Waals surface area (Å²) < 4.78 is 3.21. The Morgan fingerprint density at radius 2 is 1.83 bits per heavy atom. The van der Waals surface area contributed by atoms with E-state index in [2.05, 4.69) is 29.5 Å². The van der Waals surface area contributed by atoms with E-state index in [-0.39, 0.29) is 11.5 Å². The van der Waals surface area contributed by atoms with Crippen LogP contribution in [-0.4, -0.2) is 26.8 Å². The molecule has 1 amide bonds. The molecule has 0 bridgehead atoms. The Bertz CT molecular complexity index is 1290. The first kappa shape index (κ1) is 19.9. The molecule has 1 atom stereocenters. The Kier molecular flexibility index (Phi) is 5.40. The number of benzene rings is 2. The zero-order valence-electron chi connectivity index (χ0n) is 17.6. The number of nitrogens with zero attached hydrogens (tertiary/aromatic N) is 3. The molecule has 2 aromatic heterocycles. The Morgan fingerprint density at radius 3 is 2.60 bits per heavy atom. The lowest BCUT2D eigenvalue weighted by atomic mass is 10.1. The van der Waals surface area contributed by atoms with Crippen LogP contribution < -0.4 is 10.9 Å². The summed E-state index contributed by atoms with van der Waals surface area (Å²) in [4.78, 5) is 26.1. The highest BCUT2D eigenvalue weighted by atomic mass is 16.2. The van der Waals surface area contributed by atoms with Crippen molar-refractivity contribution in [3.8, 4) is 0 Å². The molecule has 0 aliphatic carbocycles. The van der Waals surface area contributed by atoms with Crippen molar-refractivity contribution in [1.82, 2.24) is 19.7 Å². The SMILES string of the molecule is CC[C@H](C(=O)NCCc1ccccc1C)n1c2ccccc2c2cnn(C)c(=O)c21. The molecule has 2 aromatic carbocycles. The van der Waals surface area contributed by atoms with Crippen molar-refractivity contribution in [2.75, 3.05) is 6.54 Å². The van der Waals surface area contributed by atoms with Gasteiger partial charge in [0.1, 0.15) is 11.6 Å². The maximum absolute atomic E-state index is 13.2. The first-order valence-corrected chi connectivity index (χ1v) is 10.3. The molecule has 6 nitrogen and oxygen atoms in total. The molecule has 4 aromatic rings. The first-order valence-electron chi connectivity index (χ1n) is 10.3. The fourth-order valence-electron chi connectivity index (χ4n) is 4.13. The molecule has 1 N–H and O–H groups in total. The van der Waals surface area contributed by atoms with E-state index in [9.17, 15) is 9.59 Å². The number of nitrogens with one attached hydrogen (secondary N) is 1. The number of para-hydroxylation sites is 1. The number of fused-ring (bicyclic) bond motifs is 3. The number of carbonyl (C=O) groups excluding carboxylic acids is 1. The molecule has 0 aliphatic heterocycles. The molecule has 154 valence electrons. The van der Waals surface area contributed by atoms with Crippen LogP contribution in [0.3, 0.4) is 0 Å². The smallest absolute Gasteiger partial charge is 0.291 e. The zero-order chi connectivity index (χ0) is 21.3. The normalized spacial score (nSPS) is 12.4. The van der Waals surface area contributed by atoms with E-state index in [0.29, 0.717) is 18.5 Å². The molecule has 0 unspecified atom stereocenters. The van der Waals surface area contributed by atoms with Gasteiger partial charge in [-0.05, 0) is 37.0 Å². The van der Waals surface area contributed by atoms with Crippen molar-refractivity contribution in [3.05, 3.63) is 76.2 Å². The summed E-state index contributed by atoms with van der Waals surface area (Å²) in [5.41, 5.74) is 3.64. The molecule has 0 aliphatic rings. The molecule has 0 radical (unpaired) electrons. The van der Waals surface area contributed by atoms with Crippen molar-refractivity contribution in [2.45, 2.75) is 32.7 Å². The minimum atomic E-state index is -0.473. The van der Waals surface area contributed by atoms with Crippen molar-refractivity contribution in [1.29, 1.82) is 0 Å². The molecule has 4 rings (SSSR count). The summed E-state index contributed by atoms with van der Waals surface area (Å²) >= 11 is 0. The number of hydrogen-bond acceptors (Lipinski definition) is 3. The van der Waals surface area contributed by atoms with Crippen LogP contribution >= 0.6 is 0 Å². The Labute approximate surface area is 175 Å². The minimum Gasteiger partial charge on any atom is -0.354 e. The average Bonchev–Trinajstić information content (AvgIpc) is 3.08. The quantitative estimate of drug-likeness (QED) is 0.537. The van der Waals surface area contributed by atoms with Crippen molar-refractivity contribution < 1.29 is 4.79 Å². The van der Waals surface area contributed by atoms with Crippen LogP contribution in [0.2, 0.25) is 0 Å². The molecule has 2 heterocycles. The number of amides is 1. The molecule has 0 saturated heterocycles. The number of rotatable bonds is 6. The van der Waals surface area contributed by atoms with E-state index >= 15 is 0 Å². The Hall–Kier alpha value is -3.41. The van der Waals surface area contributed by atoms with Gasteiger partial charge in [0, 0.05) is 24.4 Å². The van der Waals surface area contributed by atoms with Gasteiger partial charge in [0.05, 0.1) is 11.7 Å². The number of aryl methyl sites for hydroxylation is 2. The lowest BCUT2D eigenvalue weighted by Crippen LogP contribution is -2.34. The van der Waals surface area contributed by atoms with E-state index in [1.165, 1.54) is 15.8 Å². The number of carbonyl (C=O) groups is 1. The molecule has 0 saturated carbocycles. The molecular formula is C24H26N4O2. The zero-order valence-corrected chi connectivity index (χ0v) is 17.6. The summed E-state index contributed by atoms with van der Waals surface area (Å²) in [7, 11) is 1.63. The summed E-state index contributed by atoms with van der Waals surface area (Å²) in [6, 6.07) is 15.5. The maximum atomic E-state index is 13.2. The van der Waals surface area contributed by atoms with E-state index in [4.69, 9.17) is 0 Å². The predicted octanol–water partition coefficient (Wildman–Crippen LogP) is 3.51. The van der Waals surface area contributed by atoms with Gasteiger partial charge in [-0.25, -0.2) is 4.68 Å². The standard InChI is InChI=1S/C24H26N4O2/c1-4-20(23(29)25-14-13-17-10-6-5-9-16(17)2)28-21-12-8-7-11-18(21)19-15-26-27(3)24(30)22(19)28/h5-12,15,20H,4,13-14H2,1-3H3,(H,25,29)/t20-/m1/s1. The van der Waals surface area contributed by atoms with Gasteiger partial charge in [0.15, 0.2) is 0 Å². The molecule has 30 heavy (non-hydrogen) atoms. The second kappa shape index (κ2) is 8.14. The largest absolute Gasteiger partial charge is 0.354 e. The lowest BCUT2D eigenvalue weighted by Gasteiger charge is -2.19. The molecule has 6 heteroatoms. The summed E-state index contributed by atoms with van der Waals surface area (Å²) in [5, 5.41) is 8.97. The number of aromatic nitrogens is 3. The summed E-state index contributed by atoms with van der Waals surface area (Å²) in [6.45, 7) is 4.60. The highest BCUT2D eigenvalue weighted by Crippen LogP contribution is 2.30. The second-order valence-electron chi connectivity index (χ2n) is 7.61. The van der Waals surface area contributed by atoms with E-state index < -0.39 is 6.04 Å². The van der Waals surface area contributed by atoms with E-state index in [1.54, 1.807) is 13.2 Å². The fourth-order valence-corrected chi connectivity index (χ4v) is 4.13. The van der Waals surface area contributed by atoms with Gasteiger partial charge >= 0.3 is 0 Å². The van der Waals surface area contributed by atoms with Crippen LogP contribution in [0.15, 0.2) is 59.5 Å². The van der Waals surface area contributed by atoms with Gasteiger partial charge in [-0.1, -0.05) is 49.4 Å². The second-order valence-corrected chi connectivity index (χ2v) is 7.61. The average molecular weight is 402 g/mol. The molecule has 0 spiro atoms. The molecule has 0 fully saturated rings. The highest BCUT2D eigenvalue weighted by molar-refractivity contribution is 6.08. The third kappa shape index (κ3) is 3.38. The van der Waals surface area contributed by atoms with Crippen molar-refractivity contribution in [3.63, 3.8) is 0 Å². The van der Waals surface area contributed by atoms with Crippen LogP contribution in [-0.2, 0) is 18.3 Å². The van der Waals surface area contributed by atoms with Gasteiger partial charge in [0.25, 0.3) is 5.56 Å². The number of hydrogen-bond donors (Lipinski definition) is 1. The van der Waals surface area contributed by atoms with Gasteiger partial charge in [-0.2, -0.15) is 5.10 Å². The van der Waals surface area contributed by atoms with Crippen molar-refractivity contribution in [2.24, 2.45) is 7.05 Å². The van der Waals surface area contributed by atoms with Crippen LogP contribution in [0.4, 0.5) is 0 Å². The third-order valence-electron chi connectivity index (χ3n) is 5.76. The summed E-state index contributed by atoms with van der Waals surface area (Å²) in [6.07, 6.45) is 3.06.